The van der Waals surface area contributed by atoms with Gasteiger partial charge in [-0.3, -0.25) is 0 Å². The number of ether oxygens (including phenoxy) is 2. The van der Waals surface area contributed by atoms with E-state index in [0.717, 1.165) is 11.9 Å². The Morgan fingerprint density at radius 3 is 2.70 bits per heavy atom. The average molecular weight is 278 g/mol. The molecule has 2 rings (SSSR count). The number of methoxy groups -OCH3 is 1. The lowest BCUT2D eigenvalue weighted by molar-refractivity contribution is 0.0691. The number of H-pyrrole nitrogens is 1. The van der Waals surface area contributed by atoms with E-state index in [1.54, 1.807) is 25.3 Å². The zero-order valence-corrected chi connectivity index (χ0v) is 11.8. The van der Waals surface area contributed by atoms with Gasteiger partial charge in [-0.25, -0.2) is 4.79 Å². The van der Waals surface area contributed by atoms with Crippen molar-refractivity contribution in [3.63, 3.8) is 0 Å². The minimum absolute atomic E-state index is 0.130. The SMILES string of the molecule is COc1cc(OCCN(C)C)c2[nH]c(C(=O)O)cc2c1. The molecule has 0 aliphatic heterocycles. The molecule has 6 nitrogen and oxygen atoms in total. The number of aromatic nitrogens is 1. The van der Waals surface area contributed by atoms with Crippen molar-refractivity contribution in [1.82, 2.24) is 9.88 Å². The maximum atomic E-state index is 11.0. The van der Waals surface area contributed by atoms with Crippen molar-refractivity contribution in [2.24, 2.45) is 0 Å². The van der Waals surface area contributed by atoms with Crippen LogP contribution in [0, 0.1) is 0 Å². The molecule has 108 valence electrons. The lowest BCUT2D eigenvalue weighted by atomic mass is 10.2. The van der Waals surface area contributed by atoms with Crippen molar-refractivity contribution >= 4 is 16.9 Å². The van der Waals surface area contributed by atoms with E-state index >= 15 is 0 Å². The molecule has 6 heteroatoms. The van der Waals surface area contributed by atoms with Gasteiger partial charge in [0, 0.05) is 18.0 Å². The smallest absolute Gasteiger partial charge is 0.352 e. The second-order valence-corrected chi connectivity index (χ2v) is 4.73. The first-order valence-electron chi connectivity index (χ1n) is 6.23. The summed E-state index contributed by atoms with van der Waals surface area (Å²) in [4.78, 5) is 15.9. The van der Waals surface area contributed by atoms with Crippen LogP contribution in [0.1, 0.15) is 10.5 Å². The Kier molecular flexibility index (Phi) is 4.14. The number of nitrogens with zero attached hydrogens (tertiary/aromatic N) is 1. The zero-order valence-electron chi connectivity index (χ0n) is 11.8. The normalized spacial score (nSPS) is 11.0. The van der Waals surface area contributed by atoms with Gasteiger partial charge >= 0.3 is 5.97 Å². The van der Waals surface area contributed by atoms with Gasteiger partial charge in [0.15, 0.2) is 0 Å². The fourth-order valence-corrected chi connectivity index (χ4v) is 1.87. The summed E-state index contributed by atoms with van der Waals surface area (Å²) in [7, 11) is 5.49. The summed E-state index contributed by atoms with van der Waals surface area (Å²) in [5.74, 6) is 0.224. The Bertz CT molecular complexity index is 619. The van der Waals surface area contributed by atoms with Gasteiger partial charge in [-0.05, 0) is 26.2 Å². The van der Waals surface area contributed by atoms with Crippen LogP contribution in [-0.4, -0.2) is 55.3 Å². The molecule has 0 atom stereocenters. The van der Waals surface area contributed by atoms with Gasteiger partial charge in [0.1, 0.15) is 23.8 Å². The quantitative estimate of drug-likeness (QED) is 0.843. The van der Waals surface area contributed by atoms with Crippen LogP contribution in [0.25, 0.3) is 10.9 Å². The number of hydrogen-bond acceptors (Lipinski definition) is 4. The molecule has 0 fully saturated rings. The van der Waals surface area contributed by atoms with Crippen LogP contribution >= 0.6 is 0 Å². The molecule has 2 aromatic rings. The van der Waals surface area contributed by atoms with Crippen LogP contribution in [0.4, 0.5) is 0 Å². The van der Waals surface area contributed by atoms with Crippen molar-refractivity contribution < 1.29 is 19.4 Å². The Morgan fingerprint density at radius 1 is 1.35 bits per heavy atom. The summed E-state index contributed by atoms with van der Waals surface area (Å²) >= 11 is 0. The Morgan fingerprint density at radius 2 is 2.10 bits per heavy atom. The molecule has 0 bridgehead atoms. The number of rotatable bonds is 6. The van der Waals surface area contributed by atoms with E-state index in [-0.39, 0.29) is 5.69 Å². The van der Waals surface area contributed by atoms with Crippen LogP contribution in [0.3, 0.4) is 0 Å². The number of nitrogens with one attached hydrogen (secondary N) is 1. The maximum Gasteiger partial charge on any atom is 0.352 e. The van der Waals surface area contributed by atoms with Gasteiger partial charge in [0.2, 0.25) is 0 Å². The van der Waals surface area contributed by atoms with Crippen molar-refractivity contribution in [3.05, 3.63) is 23.9 Å². The monoisotopic (exact) mass is 278 g/mol. The highest BCUT2D eigenvalue weighted by molar-refractivity contribution is 5.96. The topological polar surface area (TPSA) is 74.8 Å². The van der Waals surface area contributed by atoms with Gasteiger partial charge in [0.25, 0.3) is 0 Å². The molecule has 0 radical (unpaired) electrons. The molecule has 0 saturated carbocycles. The van der Waals surface area contributed by atoms with E-state index in [1.807, 2.05) is 19.0 Å². The van der Waals surface area contributed by atoms with Gasteiger partial charge in [-0.1, -0.05) is 0 Å². The van der Waals surface area contributed by atoms with Gasteiger partial charge in [0.05, 0.1) is 12.6 Å². The highest BCUT2D eigenvalue weighted by atomic mass is 16.5. The first-order chi connectivity index (χ1) is 9.51. The van der Waals surface area contributed by atoms with Crippen molar-refractivity contribution in [2.45, 2.75) is 0 Å². The summed E-state index contributed by atoms with van der Waals surface area (Å²) in [6, 6.07) is 5.09. The number of fused-ring (bicyclic) bond motifs is 1. The Hall–Kier alpha value is -2.21. The number of hydrogen-bond donors (Lipinski definition) is 2. The van der Waals surface area contributed by atoms with Crippen molar-refractivity contribution in [3.8, 4) is 11.5 Å². The van der Waals surface area contributed by atoms with E-state index < -0.39 is 5.97 Å². The second-order valence-electron chi connectivity index (χ2n) is 4.73. The van der Waals surface area contributed by atoms with Crippen LogP contribution in [0.15, 0.2) is 18.2 Å². The minimum atomic E-state index is -1.00. The predicted octanol–water partition coefficient (Wildman–Crippen LogP) is 1.82. The fraction of sp³-hybridized carbons (Fsp3) is 0.357. The summed E-state index contributed by atoms with van der Waals surface area (Å²) in [6.07, 6.45) is 0. The lowest BCUT2D eigenvalue weighted by Gasteiger charge is -2.12. The third-order valence-electron chi connectivity index (χ3n) is 2.93. The van der Waals surface area contributed by atoms with E-state index in [4.69, 9.17) is 14.6 Å². The van der Waals surface area contributed by atoms with Gasteiger partial charge < -0.3 is 24.5 Å². The molecule has 1 aromatic carbocycles. The third kappa shape index (κ3) is 3.03. The lowest BCUT2D eigenvalue weighted by Crippen LogP contribution is -2.19. The largest absolute Gasteiger partial charge is 0.497 e. The molecule has 1 aromatic heterocycles. The van der Waals surface area contributed by atoms with E-state index in [1.165, 1.54) is 0 Å². The molecule has 0 aliphatic rings. The highest BCUT2D eigenvalue weighted by Crippen LogP contribution is 2.31. The number of carboxylic acids is 1. The van der Waals surface area contributed by atoms with Crippen LogP contribution in [0.2, 0.25) is 0 Å². The molecule has 0 spiro atoms. The number of carbonyl (C=O) groups is 1. The zero-order chi connectivity index (χ0) is 14.7. The van der Waals surface area contributed by atoms with E-state index in [9.17, 15) is 4.79 Å². The van der Waals surface area contributed by atoms with Crippen LogP contribution < -0.4 is 9.47 Å². The summed E-state index contributed by atoms with van der Waals surface area (Å²) in [6.45, 7) is 1.28. The van der Waals surface area contributed by atoms with Gasteiger partial charge in [-0.15, -0.1) is 0 Å². The Balaban J connectivity index is 2.36. The number of aromatic amines is 1. The third-order valence-corrected chi connectivity index (χ3v) is 2.93. The molecule has 0 saturated heterocycles. The summed E-state index contributed by atoms with van der Waals surface area (Å²) in [5.41, 5.74) is 0.799. The Labute approximate surface area is 116 Å². The van der Waals surface area contributed by atoms with Crippen LogP contribution in [-0.2, 0) is 0 Å². The van der Waals surface area contributed by atoms with Crippen molar-refractivity contribution in [2.75, 3.05) is 34.4 Å². The summed E-state index contributed by atoms with van der Waals surface area (Å²) < 4.78 is 10.9. The molecule has 2 N–H and O–H groups in total. The maximum absolute atomic E-state index is 11.0. The first-order valence-corrected chi connectivity index (χ1v) is 6.23. The fourth-order valence-electron chi connectivity index (χ4n) is 1.87. The molecule has 1 heterocycles. The van der Waals surface area contributed by atoms with Gasteiger partial charge in [-0.2, -0.15) is 0 Å². The molecular formula is C14H18N2O4. The number of benzene rings is 1. The predicted molar refractivity (Wildman–Crippen MR) is 75.9 cm³/mol. The molecule has 0 amide bonds. The summed E-state index contributed by atoms with van der Waals surface area (Å²) in [5, 5.41) is 9.79. The highest BCUT2D eigenvalue weighted by Gasteiger charge is 2.13. The minimum Gasteiger partial charge on any atom is -0.497 e. The molecule has 20 heavy (non-hydrogen) atoms. The van der Waals surface area contributed by atoms with E-state index in [2.05, 4.69) is 4.98 Å². The second kappa shape index (κ2) is 5.83. The average Bonchev–Trinajstić information content (AvgIpc) is 2.82. The standard InChI is InChI=1S/C14H18N2O4/c1-16(2)4-5-20-12-8-10(19-3)6-9-7-11(14(17)18)15-13(9)12/h6-8,15H,4-5H2,1-3H3,(H,17,18). The number of likely N-dealkylation sites (N-methyl/N-ethyl adjacent to an activating group) is 1. The molecular weight excluding hydrogens is 260 g/mol. The van der Waals surface area contributed by atoms with E-state index in [0.29, 0.717) is 23.6 Å². The molecule has 0 unspecified atom stereocenters. The number of aromatic carboxylic acids is 1. The first kappa shape index (κ1) is 14.2. The molecule has 0 aliphatic carbocycles. The van der Waals surface area contributed by atoms with Crippen molar-refractivity contribution in [1.29, 1.82) is 0 Å². The number of carboxylic acid groups (broad SMARTS) is 1. The van der Waals surface area contributed by atoms with Crippen LogP contribution in [0.5, 0.6) is 11.5 Å².